The predicted molar refractivity (Wildman–Crippen MR) is 81.9 cm³/mol. The van der Waals surface area contributed by atoms with Crippen LogP contribution in [0.4, 0.5) is 0 Å². The highest BCUT2D eigenvalue weighted by Gasteiger charge is 2.16. The lowest BCUT2D eigenvalue weighted by molar-refractivity contribution is 0.0933. The molecular formula is C17H22N2O. The molecule has 1 fully saturated rings. The molecule has 0 saturated heterocycles. The van der Waals surface area contributed by atoms with E-state index in [0.29, 0.717) is 6.04 Å². The monoisotopic (exact) mass is 270 g/mol. The molecule has 20 heavy (non-hydrogen) atoms. The van der Waals surface area contributed by atoms with Gasteiger partial charge in [-0.15, -0.1) is 0 Å². The molecule has 106 valence electrons. The van der Waals surface area contributed by atoms with Crippen molar-refractivity contribution < 1.29 is 4.79 Å². The van der Waals surface area contributed by atoms with Crippen LogP contribution in [0.25, 0.3) is 10.9 Å². The maximum atomic E-state index is 12.4. The van der Waals surface area contributed by atoms with E-state index in [-0.39, 0.29) is 5.91 Å². The summed E-state index contributed by atoms with van der Waals surface area (Å²) in [5.74, 6) is 0.0719. The second-order valence-electron chi connectivity index (χ2n) is 5.86. The summed E-state index contributed by atoms with van der Waals surface area (Å²) in [5.41, 5.74) is 1.93. The van der Waals surface area contributed by atoms with E-state index in [4.69, 9.17) is 0 Å². The van der Waals surface area contributed by atoms with Crippen molar-refractivity contribution in [3.8, 4) is 0 Å². The third-order valence-electron chi connectivity index (χ3n) is 4.34. The Morgan fingerprint density at radius 1 is 1.15 bits per heavy atom. The lowest BCUT2D eigenvalue weighted by Crippen LogP contribution is -2.34. The zero-order chi connectivity index (χ0) is 13.9. The van der Waals surface area contributed by atoms with Crippen LogP contribution >= 0.6 is 0 Å². The topological polar surface area (TPSA) is 34.0 Å². The molecule has 3 heteroatoms. The van der Waals surface area contributed by atoms with E-state index in [1.807, 2.05) is 31.4 Å². The van der Waals surface area contributed by atoms with Crippen molar-refractivity contribution in [3.63, 3.8) is 0 Å². The predicted octanol–water partition coefficient (Wildman–Crippen LogP) is 3.63. The molecule has 2 aromatic rings. The van der Waals surface area contributed by atoms with E-state index >= 15 is 0 Å². The quantitative estimate of drug-likeness (QED) is 0.831. The fraction of sp³-hybridized carbons (Fsp3) is 0.471. The number of aromatic nitrogens is 1. The van der Waals surface area contributed by atoms with Gasteiger partial charge in [-0.3, -0.25) is 4.79 Å². The first-order valence-electron chi connectivity index (χ1n) is 7.60. The van der Waals surface area contributed by atoms with Gasteiger partial charge in [0.25, 0.3) is 5.91 Å². The number of carbonyl (C=O) groups excluding carboxylic acids is 1. The molecule has 0 atom stereocenters. The molecule has 0 aliphatic heterocycles. The molecule has 0 bridgehead atoms. The summed E-state index contributed by atoms with van der Waals surface area (Å²) in [5, 5.41) is 4.33. The van der Waals surface area contributed by atoms with Gasteiger partial charge in [0.1, 0.15) is 0 Å². The number of fused-ring (bicyclic) bond motifs is 1. The van der Waals surface area contributed by atoms with Crippen LogP contribution in [0.15, 0.2) is 30.5 Å². The van der Waals surface area contributed by atoms with Gasteiger partial charge >= 0.3 is 0 Å². The Balaban J connectivity index is 1.74. The van der Waals surface area contributed by atoms with Crippen molar-refractivity contribution in [1.29, 1.82) is 0 Å². The maximum absolute atomic E-state index is 12.4. The molecule has 3 nitrogen and oxygen atoms in total. The van der Waals surface area contributed by atoms with E-state index in [1.165, 1.54) is 25.7 Å². The number of rotatable bonds is 2. The number of nitrogens with zero attached hydrogens (tertiary/aromatic N) is 1. The van der Waals surface area contributed by atoms with Crippen molar-refractivity contribution in [2.75, 3.05) is 0 Å². The van der Waals surface area contributed by atoms with Crippen LogP contribution in [0, 0.1) is 0 Å². The normalized spacial score (nSPS) is 17.1. The van der Waals surface area contributed by atoms with Crippen LogP contribution in [-0.4, -0.2) is 16.5 Å². The summed E-state index contributed by atoms with van der Waals surface area (Å²) in [4.78, 5) is 12.4. The Hall–Kier alpha value is -1.77. The zero-order valence-electron chi connectivity index (χ0n) is 12.1. The number of amides is 1. The number of hydrogen-bond donors (Lipinski definition) is 1. The molecule has 1 aliphatic carbocycles. The van der Waals surface area contributed by atoms with Crippen LogP contribution in [0.1, 0.15) is 48.9 Å². The van der Waals surface area contributed by atoms with Crippen LogP contribution in [0.5, 0.6) is 0 Å². The Morgan fingerprint density at radius 2 is 1.90 bits per heavy atom. The lowest BCUT2D eigenvalue weighted by Gasteiger charge is -2.16. The largest absolute Gasteiger partial charge is 0.351 e. The van der Waals surface area contributed by atoms with Gasteiger partial charge in [0.05, 0.1) is 0 Å². The average molecular weight is 270 g/mol. The van der Waals surface area contributed by atoms with Gasteiger partial charge in [-0.05, 0) is 37.1 Å². The Bertz CT molecular complexity index is 606. The van der Waals surface area contributed by atoms with Crippen molar-refractivity contribution in [3.05, 3.63) is 36.0 Å². The zero-order valence-corrected chi connectivity index (χ0v) is 12.1. The van der Waals surface area contributed by atoms with Crippen LogP contribution < -0.4 is 5.32 Å². The number of benzene rings is 1. The Kier molecular flexibility index (Phi) is 3.77. The minimum atomic E-state index is 0.0719. The molecule has 3 rings (SSSR count). The summed E-state index contributed by atoms with van der Waals surface area (Å²) < 4.78 is 2.07. The second-order valence-corrected chi connectivity index (χ2v) is 5.86. The molecule has 0 radical (unpaired) electrons. The van der Waals surface area contributed by atoms with Crippen molar-refractivity contribution in [1.82, 2.24) is 9.88 Å². The van der Waals surface area contributed by atoms with Gasteiger partial charge in [0.2, 0.25) is 0 Å². The first kappa shape index (κ1) is 13.2. The van der Waals surface area contributed by atoms with E-state index in [1.54, 1.807) is 0 Å². The Morgan fingerprint density at radius 3 is 2.65 bits per heavy atom. The highest BCUT2D eigenvalue weighted by atomic mass is 16.1. The Labute approximate surface area is 120 Å². The third kappa shape index (κ3) is 2.72. The van der Waals surface area contributed by atoms with Crippen molar-refractivity contribution in [2.24, 2.45) is 7.05 Å². The van der Waals surface area contributed by atoms with Gasteiger partial charge in [0, 0.05) is 35.8 Å². The number of hydrogen-bond acceptors (Lipinski definition) is 1. The standard InChI is InChI=1S/C17H22N2O/c1-19-11-10-13-12-14(8-9-16(13)19)17(20)18-15-6-4-2-3-5-7-15/h8-12,15H,2-7H2,1H3,(H,18,20). The fourth-order valence-electron chi connectivity index (χ4n) is 3.12. The minimum Gasteiger partial charge on any atom is -0.351 e. The van der Waals surface area contributed by atoms with Gasteiger partial charge in [-0.2, -0.15) is 0 Å². The average Bonchev–Trinajstić information content (AvgIpc) is 2.66. The van der Waals surface area contributed by atoms with E-state index in [9.17, 15) is 4.79 Å². The molecule has 1 amide bonds. The minimum absolute atomic E-state index is 0.0719. The van der Waals surface area contributed by atoms with Crippen molar-refractivity contribution >= 4 is 16.8 Å². The molecule has 1 aromatic heterocycles. The number of aryl methyl sites for hydroxylation is 1. The molecule has 1 heterocycles. The second kappa shape index (κ2) is 5.70. The summed E-state index contributed by atoms with van der Waals surface area (Å²) in [6.07, 6.45) is 9.37. The highest BCUT2D eigenvalue weighted by Crippen LogP contribution is 2.19. The van der Waals surface area contributed by atoms with E-state index < -0.39 is 0 Å². The van der Waals surface area contributed by atoms with Crippen LogP contribution in [0.2, 0.25) is 0 Å². The third-order valence-corrected chi connectivity index (χ3v) is 4.34. The van der Waals surface area contributed by atoms with E-state index in [0.717, 1.165) is 29.3 Å². The number of carbonyl (C=O) groups is 1. The van der Waals surface area contributed by atoms with Gasteiger partial charge in [-0.25, -0.2) is 0 Å². The molecule has 1 aliphatic rings. The summed E-state index contributed by atoms with van der Waals surface area (Å²) in [6.45, 7) is 0. The lowest BCUT2D eigenvalue weighted by atomic mass is 10.1. The number of nitrogens with one attached hydrogen (secondary N) is 1. The summed E-state index contributed by atoms with van der Waals surface area (Å²) >= 11 is 0. The first-order chi connectivity index (χ1) is 9.74. The van der Waals surface area contributed by atoms with Gasteiger partial charge < -0.3 is 9.88 Å². The molecule has 0 unspecified atom stereocenters. The van der Waals surface area contributed by atoms with Gasteiger partial charge in [0.15, 0.2) is 0 Å². The maximum Gasteiger partial charge on any atom is 0.251 e. The first-order valence-corrected chi connectivity index (χ1v) is 7.60. The fourth-order valence-corrected chi connectivity index (χ4v) is 3.12. The molecule has 0 spiro atoms. The van der Waals surface area contributed by atoms with Crippen molar-refractivity contribution in [2.45, 2.75) is 44.6 Å². The van der Waals surface area contributed by atoms with E-state index in [2.05, 4.69) is 16.0 Å². The molecule has 1 N–H and O–H groups in total. The summed E-state index contributed by atoms with van der Waals surface area (Å²) in [6, 6.07) is 8.35. The molecule has 1 saturated carbocycles. The smallest absolute Gasteiger partial charge is 0.251 e. The van der Waals surface area contributed by atoms with Gasteiger partial charge in [-0.1, -0.05) is 25.7 Å². The summed E-state index contributed by atoms with van der Waals surface area (Å²) in [7, 11) is 2.02. The molecular weight excluding hydrogens is 248 g/mol. The highest BCUT2D eigenvalue weighted by molar-refractivity contribution is 5.98. The van der Waals surface area contributed by atoms with Crippen LogP contribution in [0.3, 0.4) is 0 Å². The molecule has 1 aromatic carbocycles. The SMILES string of the molecule is Cn1ccc2cc(C(=O)NC3CCCCCC3)ccc21. The van der Waals surface area contributed by atoms with Crippen LogP contribution in [-0.2, 0) is 7.05 Å².